The number of fused-ring (bicyclic) bond motifs is 1. The van der Waals surface area contributed by atoms with Crippen molar-refractivity contribution < 1.29 is 29.6 Å². The van der Waals surface area contributed by atoms with Gasteiger partial charge in [0.25, 0.3) is 0 Å². The normalized spacial score (nSPS) is 35.2. The van der Waals surface area contributed by atoms with Crippen molar-refractivity contribution in [2.75, 3.05) is 7.11 Å². The zero-order chi connectivity index (χ0) is 25.1. The first-order valence-electron chi connectivity index (χ1n) is 12.8. The SMILES string of the molecule is COC(=O)OC(C)(C)[C@H](O)/C=C/[C@@H](C)[C@H]1CC[C@H]2/C(=C/C=C3C[C@@H](O)C[C@H](O)C3)CCC[C@]12C. The fourth-order valence-corrected chi connectivity index (χ4v) is 6.64. The first-order chi connectivity index (χ1) is 16.0. The average molecular weight is 477 g/mol. The average Bonchev–Trinajstić information content (AvgIpc) is 3.12. The van der Waals surface area contributed by atoms with Crippen molar-refractivity contribution in [3.63, 3.8) is 0 Å². The van der Waals surface area contributed by atoms with E-state index in [2.05, 4.69) is 36.8 Å². The van der Waals surface area contributed by atoms with E-state index in [4.69, 9.17) is 4.74 Å². The maximum Gasteiger partial charge on any atom is 0.508 e. The van der Waals surface area contributed by atoms with E-state index < -0.39 is 30.1 Å². The van der Waals surface area contributed by atoms with Crippen molar-refractivity contribution in [1.82, 2.24) is 0 Å². The van der Waals surface area contributed by atoms with E-state index in [1.54, 1.807) is 19.9 Å². The lowest BCUT2D eigenvalue weighted by Crippen LogP contribution is -2.40. The van der Waals surface area contributed by atoms with Crippen LogP contribution in [0.5, 0.6) is 0 Å². The van der Waals surface area contributed by atoms with E-state index in [-0.39, 0.29) is 5.41 Å². The molecular formula is C28H44O6. The largest absolute Gasteiger partial charge is 0.508 e. The van der Waals surface area contributed by atoms with Crippen LogP contribution in [0.25, 0.3) is 0 Å². The number of aliphatic hydroxyl groups is 3. The van der Waals surface area contributed by atoms with E-state index in [1.165, 1.54) is 31.9 Å². The molecule has 0 unspecified atom stereocenters. The number of carbonyl (C=O) groups is 1. The van der Waals surface area contributed by atoms with Crippen molar-refractivity contribution in [3.05, 3.63) is 35.5 Å². The second-order valence-corrected chi connectivity index (χ2v) is 11.5. The highest BCUT2D eigenvalue weighted by Crippen LogP contribution is 2.59. The van der Waals surface area contributed by atoms with Gasteiger partial charge in [-0.2, -0.15) is 0 Å². The summed E-state index contributed by atoms with van der Waals surface area (Å²) in [7, 11) is 1.26. The molecule has 0 aromatic carbocycles. The number of ether oxygens (including phenoxy) is 2. The molecule has 7 atom stereocenters. The second-order valence-electron chi connectivity index (χ2n) is 11.5. The summed E-state index contributed by atoms with van der Waals surface area (Å²) in [5.41, 5.74) is 1.78. The highest BCUT2D eigenvalue weighted by atomic mass is 16.7. The number of hydrogen-bond donors (Lipinski definition) is 3. The highest BCUT2D eigenvalue weighted by Gasteiger charge is 2.50. The fraction of sp³-hybridized carbons (Fsp3) is 0.750. The van der Waals surface area contributed by atoms with Gasteiger partial charge in [0.15, 0.2) is 0 Å². The minimum atomic E-state index is -1.07. The van der Waals surface area contributed by atoms with E-state index in [0.717, 1.165) is 18.4 Å². The van der Waals surface area contributed by atoms with Gasteiger partial charge in [-0.05, 0) is 88.4 Å². The summed E-state index contributed by atoms with van der Waals surface area (Å²) in [4.78, 5) is 11.5. The molecule has 0 radical (unpaired) electrons. The molecule has 34 heavy (non-hydrogen) atoms. The van der Waals surface area contributed by atoms with Crippen LogP contribution in [0.15, 0.2) is 35.5 Å². The number of allylic oxidation sites excluding steroid dienone is 4. The molecule has 3 aliphatic rings. The quantitative estimate of drug-likeness (QED) is 0.366. The van der Waals surface area contributed by atoms with E-state index >= 15 is 0 Å². The van der Waals surface area contributed by atoms with E-state index in [1.807, 2.05) is 0 Å². The lowest BCUT2D eigenvalue weighted by Gasteiger charge is -2.44. The van der Waals surface area contributed by atoms with Gasteiger partial charge < -0.3 is 24.8 Å². The molecule has 3 fully saturated rings. The van der Waals surface area contributed by atoms with Crippen molar-refractivity contribution in [3.8, 4) is 0 Å². The predicted molar refractivity (Wildman–Crippen MR) is 132 cm³/mol. The van der Waals surface area contributed by atoms with E-state index in [0.29, 0.717) is 37.0 Å². The lowest BCUT2D eigenvalue weighted by atomic mass is 9.61. The van der Waals surface area contributed by atoms with Crippen molar-refractivity contribution in [1.29, 1.82) is 0 Å². The Balaban J connectivity index is 1.69. The van der Waals surface area contributed by atoms with Gasteiger partial charge >= 0.3 is 6.16 Å². The number of hydrogen-bond acceptors (Lipinski definition) is 6. The van der Waals surface area contributed by atoms with Gasteiger partial charge in [0.1, 0.15) is 11.7 Å². The Kier molecular flexibility index (Phi) is 8.70. The number of methoxy groups -OCH3 is 1. The number of rotatable bonds is 6. The van der Waals surface area contributed by atoms with Crippen LogP contribution < -0.4 is 0 Å². The van der Waals surface area contributed by atoms with Crippen molar-refractivity contribution in [2.45, 2.75) is 103 Å². The van der Waals surface area contributed by atoms with Crippen molar-refractivity contribution >= 4 is 6.16 Å². The molecule has 0 aliphatic heterocycles. The Hall–Kier alpha value is -1.63. The molecule has 3 saturated carbocycles. The molecule has 6 nitrogen and oxygen atoms in total. The van der Waals surface area contributed by atoms with Gasteiger partial charge in [-0.1, -0.05) is 49.3 Å². The second kappa shape index (κ2) is 11.0. The Morgan fingerprint density at radius 1 is 1.15 bits per heavy atom. The molecule has 0 heterocycles. The number of aliphatic hydroxyl groups excluding tert-OH is 3. The van der Waals surface area contributed by atoms with Gasteiger partial charge in [-0.25, -0.2) is 4.79 Å². The van der Waals surface area contributed by atoms with Crippen LogP contribution in [-0.2, 0) is 9.47 Å². The summed E-state index contributed by atoms with van der Waals surface area (Å²) in [5, 5.41) is 30.6. The molecular weight excluding hydrogens is 432 g/mol. The van der Waals surface area contributed by atoms with Crippen LogP contribution in [0, 0.1) is 23.2 Å². The van der Waals surface area contributed by atoms with Crippen LogP contribution >= 0.6 is 0 Å². The molecule has 0 saturated heterocycles. The Bertz CT molecular complexity index is 800. The number of carbonyl (C=O) groups excluding carboxylic acids is 1. The first kappa shape index (κ1) is 27.0. The fourth-order valence-electron chi connectivity index (χ4n) is 6.64. The monoisotopic (exact) mass is 476 g/mol. The standard InChI is InChI=1S/C28H44O6/c1-18(8-13-25(31)27(2,3)34-26(32)33-5)23-11-12-24-20(7-6-14-28(23,24)4)10-9-19-15-21(29)17-22(30)16-19/h8-10,13,18,21-25,29-31H,6-7,11-12,14-17H2,1-5H3/b13-8+,20-10+/t18-,21-,22-,23-,24+,25-,28-/m1/s1. The lowest BCUT2D eigenvalue weighted by molar-refractivity contribution is -0.0617. The molecule has 3 rings (SSSR count). The molecule has 0 bridgehead atoms. The third-order valence-corrected chi connectivity index (χ3v) is 8.57. The maximum absolute atomic E-state index is 11.5. The third kappa shape index (κ3) is 6.13. The van der Waals surface area contributed by atoms with Crippen molar-refractivity contribution in [2.24, 2.45) is 23.2 Å². The summed E-state index contributed by atoms with van der Waals surface area (Å²) in [5.74, 6) is 1.35. The van der Waals surface area contributed by atoms with Crippen LogP contribution in [0.2, 0.25) is 0 Å². The Morgan fingerprint density at radius 3 is 2.47 bits per heavy atom. The molecule has 0 spiro atoms. The summed E-state index contributed by atoms with van der Waals surface area (Å²) in [6, 6.07) is 0. The maximum atomic E-state index is 11.5. The van der Waals surface area contributed by atoms with Gasteiger partial charge in [-0.15, -0.1) is 0 Å². The first-order valence-corrected chi connectivity index (χ1v) is 12.8. The van der Waals surface area contributed by atoms with Gasteiger partial charge in [0, 0.05) is 0 Å². The van der Waals surface area contributed by atoms with Crippen LogP contribution in [0.4, 0.5) is 4.79 Å². The smallest absolute Gasteiger partial charge is 0.438 e. The predicted octanol–water partition coefficient (Wildman–Crippen LogP) is 5.08. The third-order valence-electron chi connectivity index (χ3n) is 8.57. The minimum Gasteiger partial charge on any atom is -0.438 e. The zero-order valence-electron chi connectivity index (χ0n) is 21.5. The Morgan fingerprint density at radius 2 is 1.82 bits per heavy atom. The minimum absolute atomic E-state index is 0.209. The summed E-state index contributed by atoms with van der Waals surface area (Å²) in [6.45, 7) is 8.00. The van der Waals surface area contributed by atoms with E-state index in [9.17, 15) is 20.1 Å². The van der Waals surface area contributed by atoms with Gasteiger partial charge in [0.05, 0.1) is 19.3 Å². The topological polar surface area (TPSA) is 96.2 Å². The molecule has 0 amide bonds. The molecule has 192 valence electrons. The Labute approximate surface area is 204 Å². The van der Waals surface area contributed by atoms with Crippen LogP contribution in [0.1, 0.15) is 79.1 Å². The summed E-state index contributed by atoms with van der Waals surface area (Å²) < 4.78 is 9.77. The molecule has 3 N–H and O–H groups in total. The molecule has 0 aromatic rings. The molecule has 6 heteroatoms. The zero-order valence-corrected chi connectivity index (χ0v) is 21.5. The van der Waals surface area contributed by atoms with Crippen LogP contribution in [0.3, 0.4) is 0 Å². The van der Waals surface area contributed by atoms with Crippen LogP contribution in [-0.4, -0.2) is 52.5 Å². The summed E-state index contributed by atoms with van der Waals surface area (Å²) in [6.07, 6.45) is 13.3. The molecule has 3 aliphatic carbocycles. The molecule has 0 aromatic heterocycles. The van der Waals surface area contributed by atoms with Gasteiger partial charge in [0.2, 0.25) is 0 Å². The highest BCUT2D eigenvalue weighted by molar-refractivity contribution is 5.60. The summed E-state index contributed by atoms with van der Waals surface area (Å²) >= 11 is 0. The van der Waals surface area contributed by atoms with Gasteiger partial charge in [-0.3, -0.25) is 0 Å².